The maximum atomic E-state index is 11.1. The van der Waals surface area contributed by atoms with Crippen molar-refractivity contribution in [3.05, 3.63) is 38.3 Å². The van der Waals surface area contributed by atoms with Gasteiger partial charge in [0.15, 0.2) is 0 Å². The molecule has 1 aromatic carbocycles. The quantitative estimate of drug-likeness (QED) is 0.370. The zero-order chi connectivity index (χ0) is 13.0. The van der Waals surface area contributed by atoms with Crippen molar-refractivity contribution >= 4 is 39.2 Å². The molecule has 0 aromatic heterocycles. The van der Waals surface area contributed by atoms with E-state index in [2.05, 4.69) is 20.7 Å². The van der Waals surface area contributed by atoms with E-state index >= 15 is 0 Å². The molecule has 0 amide bonds. The first-order valence-corrected chi connectivity index (χ1v) is 5.83. The van der Waals surface area contributed by atoms with Crippen LogP contribution in [0.4, 0.5) is 5.69 Å². The summed E-state index contributed by atoms with van der Waals surface area (Å²) in [6, 6.07) is 4.48. The van der Waals surface area contributed by atoms with Crippen molar-refractivity contribution in [1.29, 1.82) is 0 Å². The second kappa shape index (κ2) is 5.97. The van der Waals surface area contributed by atoms with Crippen LogP contribution in [0.5, 0.6) is 0 Å². The normalized spacial score (nSPS) is 11.9. The Labute approximate surface area is 111 Å². The highest BCUT2D eigenvalue weighted by Crippen LogP contribution is 2.26. The van der Waals surface area contributed by atoms with Gasteiger partial charge in [-0.2, -0.15) is 0 Å². The van der Waals surface area contributed by atoms with Crippen LogP contribution >= 0.6 is 27.5 Å². The fourth-order valence-corrected chi connectivity index (χ4v) is 2.08. The van der Waals surface area contributed by atoms with Gasteiger partial charge in [-0.25, -0.2) is 0 Å². The molecule has 92 valence electrons. The van der Waals surface area contributed by atoms with Crippen molar-refractivity contribution in [3.63, 3.8) is 0 Å². The van der Waals surface area contributed by atoms with E-state index in [1.165, 1.54) is 13.2 Å². The number of nitro benzene ring substituents is 1. The number of halogens is 2. The number of nitrogens with zero attached hydrogens (tertiary/aromatic N) is 1. The van der Waals surface area contributed by atoms with Crippen molar-refractivity contribution in [1.82, 2.24) is 0 Å². The Morgan fingerprint density at radius 3 is 2.76 bits per heavy atom. The maximum Gasteiger partial charge on any atom is 0.324 e. The first-order valence-electron chi connectivity index (χ1n) is 4.60. The summed E-state index contributed by atoms with van der Waals surface area (Å²) in [6.07, 6.45) is 0.255. The summed E-state index contributed by atoms with van der Waals surface area (Å²) in [7, 11) is 1.25. The highest BCUT2D eigenvalue weighted by atomic mass is 79.9. The third-order valence-electron chi connectivity index (χ3n) is 2.08. The van der Waals surface area contributed by atoms with Gasteiger partial charge in [-0.1, -0.05) is 6.07 Å². The number of methoxy groups -OCH3 is 1. The van der Waals surface area contributed by atoms with Crippen molar-refractivity contribution in [2.45, 2.75) is 11.8 Å². The number of esters is 1. The molecule has 0 aliphatic rings. The Hall–Kier alpha value is -1.14. The molecule has 0 heterocycles. The zero-order valence-corrected chi connectivity index (χ0v) is 11.2. The molecular weight excluding hydrogens is 313 g/mol. The second-order valence-electron chi connectivity index (χ2n) is 3.24. The second-order valence-corrected chi connectivity index (χ2v) is 4.62. The van der Waals surface area contributed by atoms with Crippen molar-refractivity contribution in [3.8, 4) is 0 Å². The third-order valence-corrected chi connectivity index (χ3v) is 3.05. The van der Waals surface area contributed by atoms with Gasteiger partial charge in [0.05, 0.1) is 16.5 Å². The van der Waals surface area contributed by atoms with Gasteiger partial charge in [-0.3, -0.25) is 14.9 Å². The first-order chi connectivity index (χ1) is 7.95. The van der Waals surface area contributed by atoms with E-state index in [9.17, 15) is 14.9 Å². The molecule has 1 rings (SSSR count). The molecule has 17 heavy (non-hydrogen) atoms. The van der Waals surface area contributed by atoms with E-state index in [0.29, 0.717) is 10.0 Å². The monoisotopic (exact) mass is 321 g/mol. The highest BCUT2D eigenvalue weighted by molar-refractivity contribution is 9.10. The lowest BCUT2D eigenvalue weighted by atomic mass is 10.1. The van der Waals surface area contributed by atoms with E-state index in [-0.39, 0.29) is 12.1 Å². The highest BCUT2D eigenvalue weighted by Gasteiger charge is 2.18. The lowest BCUT2D eigenvalue weighted by Gasteiger charge is -2.07. The standard InChI is InChI=1S/C10H9BrClNO4/c1-17-10(14)8(12)5-6-2-3-9(13(15)16)7(11)4-6/h2-4,8H,5H2,1H3. The Bertz CT molecular complexity index is 452. The summed E-state index contributed by atoms with van der Waals surface area (Å²) in [4.78, 5) is 21.2. The summed E-state index contributed by atoms with van der Waals surface area (Å²) in [5, 5.41) is 9.79. The minimum atomic E-state index is -0.798. The molecule has 0 bridgehead atoms. The molecule has 0 fully saturated rings. The van der Waals surface area contributed by atoms with E-state index in [4.69, 9.17) is 11.6 Å². The van der Waals surface area contributed by atoms with Crippen LogP contribution in [0.1, 0.15) is 5.56 Å². The Morgan fingerprint density at radius 1 is 1.65 bits per heavy atom. The topological polar surface area (TPSA) is 69.4 Å². The average molecular weight is 323 g/mol. The number of ether oxygens (including phenoxy) is 1. The summed E-state index contributed by atoms with van der Waals surface area (Å²) in [6.45, 7) is 0. The summed E-state index contributed by atoms with van der Waals surface area (Å²) < 4.78 is 4.84. The lowest BCUT2D eigenvalue weighted by molar-refractivity contribution is -0.385. The molecule has 0 aliphatic heterocycles. The van der Waals surface area contributed by atoms with Crippen LogP contribution in [0.15, 0.2) is 22.7 Å². The molecule has 1 atom stereocenters. The minimum Gasteiger partial charge on any atom is -0.468 e. The smallest absolute Gasteiger partial charge is 0.324 e. The van der Waals surface area contributed by atoms with Gasteiger partial charge in [-0.05, 0) is 34.0 Å². The molecule has 0 N–H and O–H groups in total. The van der Waals surface area contributed by atoms with Gasteiger partial charge in [0, 0.05) is 6.07 Å². The molecule has 5 nitrogen and oxygen atoms in total. The predicted octanol–water partition coefficient (Wildman–Crippen LogP) is 2.68. The molecule has 1 unspecified atom stereocenters. The van der Waals surface area contributed by atoms with Crippen LogP contribution in [0.25, 0.3) is 0 Å². The number of carbonyl (C=O) groups excluding carboxylic acids is 1. The number of hydrogen-bond donors (Lipinski definition) is 0. The molecule has 1 aromatic rings. The number of hydrogen-bond acceptors (Lipinski definition) is 4. The molecular formula is C10H9BrClNO4. The van der Waals surface area contributed by atoms with E-state index in [0.717, 1.165) is 0 Å². The summed E-state index contributed by atoms with van der Waals surface area (Å²) >= 11 is 8.89. The van der Waals surface area contributed by atoms with E-state index < -0.39 is 16.3 Å². The SMILES string of the molecule is COC(=O)C(Cl)Cc1ccc([N+](=O)[O-])c(Br)c1. The number of rotatable bonds is 4. The third kappa shape index (κ3) is 3.67. The summed E-state index contributed by atoms with van der Waals surface area (Å²) in [5.74, 6) is -0.527. The zero-order valence-electron chi connectivity index (χ0n) is 8.85. The van der Waals surface area contributed by atoms with Crippen LogP contribution in [0.2, 0.25) is 0 Å². The van der Waals surface area contributed by atoms with Gasteiger partial charge in [-0.15, -0.1) is 11.6 Å². The fourth-order valence-electron chi connectivity index (χ4n) is 1.24. The van der Waals surface area contributed by atoms with Gasteiger partial charge in [0.1, 0.15) is 5.38 Å². The minimum absolute atomic E-state index is 0.0297. The van der Waals surface area contributed by atoms with Gasteiger partial charge in [0.2, 0.25) is 0 Å². The average Bonchev–Trinajstić information content (AvgIpc) is 2.27. The van der Waals surface area contributed by atoms with Crippen molar-refractivity contribution in [2.24, 2.45) is 0 Å². The van der Waals surface area contributed by atoms with Crippen LogP contribution < -0.4 is 0 Å². The molecule has 0 radical (unpaired) electrons. The molecule has 0 saturated heterocycles. The largest absolute Gasteiger partial charge is 0.468 e. The number of alkyl halides is 1. The van der Waals surface area contributed by atoms with Crippen molar-refractivity contribution < 1.29 is 14.5 Å². The van der Waals surface area contributed by atoms with Gasteiger partial charge < -0.3 is 4.74 Å². The van der Waals surface area contributed by atoms with Gasteiger partial charge in [0.25, 0.3) is 5.69 Å². The van der Waals surface area contributed by atoms with E-state index in [1.807, 2.05) is 0 Å². The molecule has 0 spiro atoms. The molecule has 0 saturated carbocycles. The number of benzene rings is 1. The summed E-state index contributed by atoms with van der Waals surface area (Å²) in [5.41, 5.74) is 0.686. The first kappa shape index (κ1) is 13.9. The maximum absolute atomic E-state index is 11.1. The van der Waals surface area contributed by atoms with Crippen LogP contribution in [-0.2, 0) is 16.0 Å². The number of carbonyl (C=O) groups is 1. The Morgan fingerprint density at radius 2 is 2.29 bits per heavy atom. The number of nitro groups is 1. The Kier molecular flexibility index (Phi) is 4.89. The van der Waals surface area contributed by atoms with Crippen LogP contribution in [0, 0.1) is 10.1 Å². The fraction of sp³-hybridized carbons (Fsp3) is 0.300. The van der Waals surface area contributed by atoms with E-state index in [1.54, 1.807) is 12.1 Å². The predicted molar refractivity (Wildman–Crippen MR) is 66.2 cm³/mol. The lowest BCUT2D eigenvalue weighted by Crippen LogP contribution is -2.18. The van der Waals surface area contributed by atoms with Crippen LogP contribution in [-0.4, -0.2) is 23.4 Å². The van der Waals surface area contributed by atoms with Crippen LogP contribution in [0.3, 0.4) is 0 Å². The Balaban J connectivity index is 2.84. The molecule has 7 heteroatoms. The van der Waals surface area contributed by atoms with Crippen molar-refractivity contribution in [2.75, 3.05) is 7.11 Å². The van der Waals surface area contributed by atoms with Gasteiger partial charge >= 0.3 is 5.97 Å². The molecule has 0 aliphatic carbocycles.